The molecule has 0 aromatic rings. The first-order valence-corrected chi connectivity index (χ1v) is 2.51. The lowest BCUT2D eigenvalue weighted by atomic mass is 10.5. The Balaban J connectivity index is 3.19. The van der Waals surface area contributed by atoms with Gasteiger partial charge in [-0.1, -0.05) is 0 Å². The van der Waals surface area contributed by atoms with Gasteiger partial charge in [0.15, 0.2) is 0 Å². The lowest BCUT2D eigenvalue weighted by Gasteiger charge is -1.91. The molecule has 0 spiro atoms. The van der Waals surface area contributed by atoms with Crippen molar-refractivity contribution in [3.05, 3.63) is 12.2 Å². The molecule has 0 saturated carbocycles. The highest BCUT2D eigenvalue weighted by molar-refractivity contribution is 5.67. The summed E-state index contributed by atoms with van der Waals surface area (Å²) in [6.07, 6.45) is 3.38. The fourth-order valence-electron chi connectivity index (χ4n) is 0.277. The largest absolute Gasteiger partial charge is 0.462 e. The Morgan fingerprint density at radius 3 is 2.78 bits per heavy atom. The fraction of sp³-hybridized carbons (Fsp3) is 0.333. The summed E-state index contributed by atoms with van der Waals surface area (Å²) in [5.74, 6) is -0.342. The van der Waals surface area contributed by atoms with Gasteiger partial charge < -0.3 is 4.74 Å². The molecule has 0 aliphatic carbocycles. The third-order valence-corrected chi connectivity index (χ3v) is 0.597. The molecule has 0 fully saturated rings. The predicted octanol–water partition coefficient (Wildman–Crippen LogP) is 0.305. The molecule has 0 amide bonds. The number of hydrogen-bond donors (Lipinski definition) is 0. The average molecular weight is 128 g/mol. The van der Waals surface area contributed by atoms with Crippen molar-refractivity contribution in [1.29, 1.82) is 0 Å². The highest BCUT2D eigenvalue weighted by atomic mass is 16.5. The van der Waals surface area contributed by atoms with Crippen LogP contribution in [0.2, 0.25) is 0 Å². The number of hydrogen-bond acceptors (Lipinski definition) is 3. The minimum absolute atomic E-state index is 0.175. The van der Waals surface area contributed by atoms with Gasteiger partial charge in [-0.05, 0) is 12.2 Å². The van der Waals surface area contributed by atoms with Crippen molar-refractivity contribution in [3.63, 3.8) is 0 Å². The molecule has 0 atom stereocenters. The monoisotopic (exact) mass is 128 g/mol. The maximum Gasteiger partial charge on any atom is 0.302 e. The van der Waals surface area contributed by atoms with Gasteiger partial charge in [0.25, 0.3) is 0 Å². The van der Waals surface area contributed by atoms with Crippen molar-refractivity contribution in [2.24, 2.45) is 0 Å². The van der Waals surface area contributed by atoms with Crippen LogP contribution in [0.5, 0.6) is 0 Å². The van der Waals surface area contributed by atoms with E-state index in [0.29, 0.717) is 6.29 Å². The van der Waals surface area contributed by atoms with Crippen LogP contribution < -0.4 is 0 Å². The molecule has 0 saturated heterocycles. The van der Waals surface area contributed by atoms with E-state index < -0.39 is 0 Å². The number of ether oxygens (including phenoxy) is 1. The second kappa shape index (κ2) is 5.03. The van der Waals surface area contributed by atoms with Crippen LogP contribution in [0.25, 0.3) is 0 Å². The van der Waals surface area contributed by atoms with E-state index in [1.807, 2.05) is 0 Å². The number of carbonyl (C=O) groups is 2. The van der Waals surface area contributed by atoms with Crippen molar-refractivity contribution in [2.75, 3.05) is 6.61 Å². The van der Waals surface area contributed by atoms with Crippen LogP contribution in [-0.4, -0.2) is 18.9 Å². The number of allylic oxidation sites excluding steroid dienone is 1. The zero-order valence-electron chi connectivity index (χ0n) is 5.16. The Morgan fingerprint density at radius 2 is 2.33 bits per heavy atom. The van der Waals surface area contributed by atoms with Gasteiger partial charge in [0.1, 0.15) is 12.9 Å². The molecule has 0 rings (SSSR count). The summed E-state index contributed by atoms with van der Waals surface area (Å²) in [6.45, 7) is 1.49. The molecular weight excluding hydrogens is 120 g/mol. The minimum Gasteiger partial charge on any atom is -0.462 e. The number of esters is 1. The van der Waals surface area contributed by atoms with Gasteiger partial charge in [-0.25, -0.2) is 0 Å². The first kappa shape index (κ1) is 7.88. The smallest absolute Gasteiger partial charge is 0.302 e. The zero-order chi connectivity index (χ0) is 7.11. The molecule has 3 nitrogen and oxygen atoms in total. The lowest BCUT2D eigenvalue weighted by molar-refractivity contribution is -0.139. The standard InChI is InChI=1S/C6H8O3/c1-6(8)9-5-3-2-4-7/h2-4H,5H2,1H3/b3-2-. The van der Waals surface area contributed by atoms with E-state index in [-0.39, 0.29) is 12.6 Å². The van der Waals surface area contributed by atoms with Crippen LogP contribution in [0.15, 0.2) is 12.2 Å². The van der Waals surface area contributed by atoms with E-state index in [1.165, 1.54) is 19.1 Å². The van der Waals surface area contributed by atoms with E-state index in [0.717, 1.165) is 0 Å². The normalized spacial score (nSPS) is 9.44. The van der Waals surface area contributed by atoms with Crippen molar-refractivity contribution in [3.8, 4) is 0 Å². The molecular formula is C6H8O3. The molecule has 0 bridgehead atoms. The number of rotatable bonds is 3. The van der Waals surface area contributed by atoms with Gasteiger partial charge in [0.05, 0.1) is 0 Å². The first-order valence-electron chi connectivity index (χ1n) is 2.51. The molecule has 0 radical (unpaired) electrons. The third-order valence-electron chi connectivity index (χ3n) is 0.597. The predicted molar refractivity (Wildman–Crippen MR) is 31.8 cm³/mol. The molecule has 0 unspecified atom stereocenters. The van der Waals surface area contributed by atoms with E-state index in [1.54, 1.807) is 0 Å². The van der Waals surface area contributed by atoms with E-state index >= 15 is 0 Å². The van der Waals surface area contributed by atoms with Crippen molar-refractivity contribution in [1.82, 2.24) is 0 Å². The lowest BCUT2D eigenvalue weighted by Crippen LogP contribution is -1.97. The highest BCUT2D eigenvalue weighted by Crippen LogP contribution is 1.76. The molecule has 0 aliphatic heterocycles. The summed E-state index contributed by atoms with van der Waals surface area (Å²) in [5, 5.41) is 0. The summed E-state index contributed by atoms with van der Waals surface area (Å²) in [7, 11) is 0. The Morgan fingerprint density at radius 1 is 1.67 bits per heavy atom. The Kier molecular flexibility index (Phi) is 4.40. The SMILES string of the molecule is CC(=O)OC/C=C\C=O. The van der Waals surface area contributed by atoms with Crippen LogP contribution >= 0.6 is 0 Å². The van der Waals surface area contributed by atoms with Crippen molar-refractivity contribution < 1.29 is 14.3 Å². The topological polar surface area (TPSA) is 43.4 Å². The number of carbonyl (C=O) groups excluding carboxylic acids is 2. The Hall–Kier alpha value is -1.12. The van der Waals surface area contributed by atoms with Crippen molar-refractivity contribution in [2.45, 2.75) is 6.92 Å². The summed E-state index contributed by atoms with van der Waals surface area (Å²) in [6, 6.07) is 0. The quantitative estimate of drug-likeness (QED) is 0.312. The van der Waals surface area contributed by atoms with Crippen LogP contribution in [0.1, 0.15) is 6.92 Å². The third kappa shape index (κ3) is 6.88. The molecule has 0 heterocycles. The van der Waals surface area contributed by atoms with E-state index in [9.17, 15) is 9.59 Å². The van der Waals surface area contributed by atoms with Gasteiger partial charge in [0, 0.05) is 6.92 Å². The maximum absolute atomic E-state index is 10.1. The van der Waals surface area contributed by atoms with Crippen LogP contribution in [0, 0.1) is 0 Å². The Labute approximate surface area is 53.3 Å². The fourth-order valence-corrected chi connectivity index (χ4v) is 0.277. The molecule has 0 aromatic carbocycles. The van der Waals surface area contributed by atoms with Crippen LogP contribution in [0.3, 0.4) is 0 Å². The highest BCUT2D eigenvalue weighted by Gasteiger charge is 1.84. The van der Waals surface area contributed by atoms with Gasteiger partial charge in [-0.3, -0.25) is 9.59 Å². The second-order valence-electron chi connectivity index (χ2n) is 1.37. The summed E-state index contributed by atoms with van der Waals surface area (Å²) < 4.78 is 4.46. The Bertz CT molecular complexity index is 126. The molecule has 50 valence electrons. The van der Waals surface area contributed by atoms with Crippen LogP contribution in [-0.2, 0) is 14.3 Å². The number of aldehydes is 1. The maximum atomic E-state index is 10.1. The molecule has 3 heteroatoms. The van der Waals surface area contributed by atoms with Gasteiger partial charge in [-0.15, -0.1) is 0 Å². The zero-order valence-corrected chi connectivity index (χ0v) is 5.16. The summed E-state index contributed by atoms with van der Waals surface area (Å²) in [5.41, 5.74) is 0. The second-order valence-corrected chi connectivity index (χ2v) is 1.37. The molecule has 0 aromatic heterocycles. The molecule has 9 heavy (non-hydrogen) atoms. The van der Waals surface area contributed by atoms with Gasteiger partial charge in [-0.2, -0.15) is 0 Å². The van der Waals surface area contributed by atoms with Crippen LogP contribution in [0.4, 0.5) is 0 Å². The van der Waals surface area contributed by atoms with E-state index in [2.05, 4.69) is 4.74 Å². The first-order chi connectivity index (χ1) is 4.27. The molecule has 0 aliphatic rings. The minimum atomic E-state index is -0.342. The summed E-state index contributed by atoms with van der Waals surface area (Å²) in [4.78, 5) is 19.7. The van der Waals surface area contributed by atoms with Crippen molar-refractivity contribution >= 4 is 12.3 Å². The average Bonchev–Trinajstić information content (AvgIpc) is 1.80. The van der Waals surface area contributed by atoms with Gasteiger partial charge >= 0.3 is 5.97 Å². The summed E-state index contributed by atoms with van der Waals surface area (Å²) >= 11 is 0. The van der Waals surface area contributed by atoms with E-state index in [4.69, 9.17) is 0 Å². The van der Waals surface area contributed by atoms with Gasteiger partial charge in [0.2, 0.25) is 0 Å². The molecule has 0 N–H and O–H groups in total.